The molecule has 1 fully saturated rings. The van der Waals surface area contributed by atoms with Crippen molar-refractivity contribution >= 4 is 17.4 Å². The predicted molar refractivity (Wildman–Crippen MR) is 148 cm³/mol. The third kappa shape index (κ3) is 7.18. The van der Waals surface area contributed by atoms with Crippen molar-refractivity contribution < 1.29 is 4.79 Å². The zero-order valence-corrected chi connectivity index (χ0v) is 22.5. The highest BCUT2D eigenvalue weighted by Crippen LogP contribution is 2.33. The Morgan fingerprint density at radius 1 is 1.11 bits per heavy atom. The van der Waals surface area contributed by atoms with Gasteiger partial charge in [0.25, 0.3) is 0 Å². The van der Waals surface area contributed by atoms with Crippen LogP contribution in [0.3, 0.4) is 0 Å². The Morgan fingerprint density at radius 3 is 2.57 bits per heavy atom. The molecule has 1 saturated heterocycles. The van der Waals surface area contributed by atoms with Crippen LogP contribution in [0, 0.1) is 35.5 Å². The number of likely N-dealkylation sites (tertiary alicyclic amines) is 1. The summed E-state index contributed by atoms with van der Waals surface area (Å²) in [6.07, 6.45) is 26.6. The molecule has 4 aliphatic rings. The minimum Gasteiger partial charge on any atom is -0.312 e. The highest BCUT2D eigenvalue weighted by Gasteiger charge is 2.29. The smallest absolute Gasteiger partial charge is 0.137 e. The number of allylic oxidation sites excluding steroid dienone is 11. The number of piperidine rings is 1. The summed E-state index contributed by atoms with van der Waals surface area (Å²) in [5.41, 5.74) is 1.29. The number of nitrogens with one attached hydrogen (secondary N) is 1. The first-order valence-corrected chi connectivity index (χ1v) is 14.0. The van der Waals surface area contributed by atoms with E-state index in [2.05, 4.69) is 78.7 Å². The van der Waals surface area contributed by atoms with Crippen LogP contribution in [0.2, 0.25) is 0 Å². The van der Waals surface area contributed by atoms with Gasteiger partial charge in [-0.3, -0.25) is 4.79 Å². The van der Waals surface area contributed by atoms with E-state index in [4.69, 9.17) is 11.6 Å². The molecule has 4 heteroatoms. The number of hydrogen-bond donors (Lipinski definition) is 1. The van der Waals surface area contributed by atoms with E-state index >= 15 is 0 Å². The molecule has 3 nitrogen and oxygen atoms in total. The van der Waals surface area contributed by atoms with Gasteiger partial charge >= 0.3 is 0 Å². The van der Waals surface area contributed by atoms with Gasteiger partial charge in [-0.1, -0.05) is 80.1 Å². The largest absolute Gasteiger partial charge is 0.312 e. The fraction of sp³-hybridized carbons (Fsp3) is 0.581. The molecule has 0 saturated carbocycles. The van der Waals surface area contributed by atoms with Crippen molar-refractivity contribution in [2.75, 3.05) is 26.2 Å². The Morgan fingerprint density at radius 2 is 1.89 bits per heavy atom. The van der Waals surface area contributed by atoms with Crippen LogP contribution >= 0.6 is 11.6 Å². The van der Waals surface area contributed by atoms with Gasteiger partial charge in [0, 0.05) is 36.0 Å². The van der Waals surface area contributed by atoms with E-state index in [0.717, 1.165) is 36.9 Å². The minimum absolute atomic E-state index is 0.0361. The molecule has 0 aromatic heterocycles. The standard InChI is InChI=1S/C31H43ClN2O/c1-22(2)31(21-34-17-15-26(16-18-34)25-11-13-28(32)14-12-25)33-20-24-7-6-8-27(19-24)30-10-5-4-9-29(30)23(3)35/h4-6,8-11,13-14,19,22,24-26,29-31,33H,7,12,15-18,20-21H2,1-3H3/t24?,25?,29?,30?,31-/m0/s1. The summed E-state index contributed by atoms with van der Waals surface area (Å²) < 4.78 is 0. The number of halogens is 1. The number of hydrogen-bond acceptors (Lipinski definition) is 3. The van der Waals surface area contributed by atoms with Gasteiger partial charge in [-0.15, -0.1) is 0 Å². The maximum absolute atomic E-state index is 12.2. The Kier molecular flexibility index (Phi) is 9.44. The summed E-state index contributed by atoms with van der Waals surface area (Å²) in [5, 5.41) is 4.81. The Bertz CT molecular complexity index is 916. The van der Waals surface area contributed by atoms with Crippen molar-refractivity contribution in [3.8, 4) is 0 Å². The summed E-state index contributed by atoms with van der Waals surface area (Å²) in [5.74, 6) is 2.90. The summed E-state index contributed by atoms with van der Waals surface area (Å²) >= 11 is 6.12. The van der Waals surface area contributed by atoms with E-state index in [1.807, 2.05) is 6.08 Å². The summed E-state index contributed by atoms with van der Waals surface area (Å²) in [6.45, 7) is 10.9. The number of carbonyl (C=O) groups excluding carboxylic acids is 1. The first-order chi connectivity index (χ1) is 16.9. The molecule has 4 rings (SSSR count). The lowest BCUT2D eigenvalue weighted by molar-refractivity contribution is -0.120. The lowest BCUT2D eigenvalue weighted by Gasteiger charge is -2.38. The zero-order chi connectivity index (χ0) is 24.8. The molecule has 1 N–H and O–H groups in total. The molecule has 0 aromatic carbocycles. The third-order valence-corrected chi connectivity index (χ3v) is 8.67. The van der Waals surface area contributed by atoms with E-state index in [9.17, 15) is 4.79 Å². The highest BCUT2D eigenvalue weighted by molar-refractivity contribution is 6.31. The average molecular weight is 495 g/mol. The van der Waals surface area contributed by atoms with Crippen LogP contribution in [0.5, 0.6) is 0 Å². The topological polar surface area (TPSA) is 32.3 Å². The fourth-order valence-electron chi connectivity index (χ4n) is 6.07. The van der Waals surface area contributed by atoms with Crippen LogP contribution in [0.1, 0.15) is 46.5 Å². The van der Waals surface area contributed by atoms with Crippen LogP contribution in [0.15, 0.2) is 71.4 Å². The number of nitrogens with zero attached hydrogens (tertiary/aromatic N) is 1. The van der Waals surface area contributed by atoms with Gasteiger partial charge in [0.2, 0.25) is 0 Å². The number of carbonyl (C=O) groups is 1. The van der Waals surface area contributed by atoms with Crippen LogP contribution in [-0.2, 0) is 4.79 Å². The van der Waals surface area contributed by atoms with Crippen LogP contribution < -0.4 is 5.32 Å². The molecule has 4 unspecified atom stereocenters. The molecule has 35 heavy (non-hydrogen) atoms. The second kappa shape index (κ2) is 12.5. The molecule has 0 radical (unpaired) electrons. The van der Waals surface area contributed by atoms with Crippen LogP contribution in [-0.4, -0.2) is 42.9 Å². The van der Waals surface area contributed by atoms with Crippen molar-refractivity contribution in [3.63, 3.8) is 0 Å². The Balaban J connectivity index is 1.27. The lowest BCUT2D eigenvalue weighted by Crippen LogP contribution is -2.48. The minimum atomic E-state index is -0.0361. The van der Waals surface area contributed by atoms with Crippen molar-refractivity contribution in [1.82, 2.24) is 10.2 Å². The van der Waals surface area contributed by atoms with Crippen molar-refractivity contribution in [1.29, 1.82) is 0 Å². The monoisotopic (exact) mass is 494 g/mol. The van der Waals surface area contributed by atoms with Gasteiger partial charge in [-0.2, -0.15) is 0 Å². The quantitative estimate of drug-likeness (QED) is 0.399. The molecule has 5 atom stereocenters. The Labute approximate surface area is 217 Å². The first-order valence-electron chi connectivity index (χ1n) is 13.6. The normalized spacial score (nSPS) is 30.4. The summed E-state index contributed by atoms with van der Waals surface area (Å²) in [6, 6.07) is 0.494. The molecule has 0 spiro atoms. The van der Waals surface area contributed by atoms with Gasteiger partial charge in [0.1, 0.15) is 5.78 Å². The molecule has 1 aliphatic heterocycles. The SMILES string of the molecule is CC(=O)C1C=CC=CC1C1=CC(CN[C@@H](CN2CCC(C3C=CC(Cl)=CC3)CC2)C(C)C)CC=C1. The van der Waals surface area contributed by atoms with E-state index in [-0.39, 0.29) is 17.6 Å². The molecule has 190 valence electrons. The number of Topliss-reactive ketones (excluding diaryl/α,β-unsaturated/α-hetero) is 1. The van der Waals surface area contributed by atoms with Gasteiger partial charge in [0.15, 0.2) is 0 Å². The summed E-state index contributed by atoms with van der Waals surface area (Å²) in [7, 11) is 0. The summed E-state index contributed by atoms with van der Waals surface area (Å²) in [4.78, 5) is 14.8. The van der Waals surface area contributed by atoms with Crippen LogP contribution in [0.4, 0.5) is 0 Å². The molecular formula is C31H43ClN2O. The Hall–Kier alpha value is -1.68. The fourth-order valence-corrected chi connectivity index (χ4v) is 6.23. The molecule has 3 aliphatic carbocycles. The molecule has 0 amide bonds. The number of rotatable bonds is 9. The third-order valence-electron chi connectivity index (χ3n) is 8.39. The van der Waals surface area contributed by atoms with Gasteiger partial charge < -0.3 is 10.2 Å². The second-order valence-electron chi connectivity index (χ2n) is 11.2. The molecule has 0 aromatic rings. The lowest BCUT2D eigenvalue weighted by atomic mass is 9.77. The zero-order valence-electron chi connectivity index (χ0n) is 21.7. The molecule has 0 bridgehead atoms. The first kappa shape index (κ1) is 26.4. The van der Waals surface area contributed by atoms with E-state index in [0.29, 0.717) is 23.8 Å². The van der Waals surface area contributed by atoms with Crippen molar-refractivity contribution in [3.05, 3.63) is 71.4 Å². The van der Waals surface area contributed by atoms with Gasteiger partial charge in [-0.25, -0.2) is 0 Å². The van der Waals surface area contributed by atoms with Crippen LogP contribution in [0.25, 0.3) is 0 Å². The number of ketones is 1. The van der Waals surface area contributed by atoms with Crippen molar-refractivity contribution in [2.45, 2.75) is 52.5 Å². The van der Waals surface area contributed by atoms with E-state index < -0.39 is 0 Å². The van der Waals surface area contributed by atoms with Crippen molar-refractivity contribution in [2.24, 2.45) is 35.5 Å². The molecular weight excluding hydrogens is 452 g/mol. The van der Waals surface area contributed by atoms with Gasteiger partial charge in [-0.05, 0) is 81.0 Å². The predicted octanol–water partition coefficient (Wildman–Crippen LogP) is 6.46. The maximum Gasteiger partial charge on any atom is 0.137 e. The maximum atomic E-state index is 12.2. The van der Waals surface area contributed by atoms with E-state index in [1.54, 1.807) is 6.92 Å². The van der Waals surface area contributed by atoms with E-state index in [1.165, 1.54) is 31.5 Å². The molecule has 1 heterocycles. The second-order valence-corrected chi connectivity index (χ2v) is 11.7. The highest BCUT2D eigenvalue weighted by atomic mass is 35.5. The van der Waals surface area contributed by atoms with Gasteiger partial charge in [0.05, 0.1) is 0 Å². The average Bonchev–Trinajstić information content (AvgIpc) is 2.87.